The summed E-state index contributed by atoms with van der Waals surface area (Å²) in [6.45, 7) is 1.57. The Morgan fingerprint density at radius 3 is 2.46 bits per heavy atom. The van der Waals surface area contributed by atoms with E-state index in [1.165, 1.54) is 51.4 Å². The summed E-state index contributed by atoms with van der Waals surface area (Å²) >= 11 is 4.00. The lowest BCUT2D eigenvalue weighted by molar-refractivity contribution is -0.144. The second-order valence-electron chi connectivity index (χ2n) is 9.13. The van der Waals surface area contributed by atoms with Crippen LogP contribution < -0.4 is 5.32 Å². The molecule has 1 N–H and O–H groups in total. The van der Waals surface area contributed by atoms with Crippen LogP contribution in [0.5, 0.6) is 0 Å². The highest BCUT2D eigenvalue weighted by Crippen LogP contribution is 2.64. The van der Waals surface area contributed by atoms with E-state index < -0.39 is 0 Å². The van der Waals surface area contributed by atoms with Crippen LogP contribution >= 0.6 is 15.9 Å². The number of amides is 1. The van der Waals surface area contributed by atoms with E-state index in [1.54, 1.807) is 0 Å². The third-order valence-corrected chi connectivity index (χ3v) is 7.91. The third kappa shape index (κ3) is 3.56. The van der Waals surface area contributed by atoms with Crippen molar-refractivity contribution >= 4 is 21.8 Å². The topological polar surface area (TPSA) is 38.3 Å². The first kappa shape index (κ1) is 17.3. The zero-order valence-electron chi connectivity index (χ0n) is 14.8. The molecule has 4 bridgehead atoms. The maximum Gasteiger partial charge on any atom is 0.226 e. The van der Waals surface area contributed by atoms with Crippen molar-refractivity contribution in [2.45, 2.75) is 87.5 Å². The minimum Gasteiger partial charge on any atom is -0.378 e. The minimum absolute atomic E-state index is 0.0716. The summed E-state index contributed by atoms with van der Waals surface area (Å²) in [7, 11) is 0. The number of carbonyl (C=O) groups is 1. The fraction of sp³-hybridized carbons (Fsp3) is 0.950. The number of hydrogen-bond donors (Lipinski definition) is 1. The van der Waals surface area contributed by atoms with Gasteiger partial charge in [0.05, 0.1) is 11.5 Å². The fourth-order valence-electron chi connectivity index (χ4n) is 6.36. The highest BCUT2D eigenvalue weighted by molar-refractivity contribution is 9.10. The van der Waals surface area contributed by atoms with Crippen molar-refractivity contribution in [3.8, 4) is 0 Å². The molecule has 5 aliphatic carbocycles. The third-order valence-electron chi connectivity index (χ3n) is 6.98. The first-order valence-electron chi connectivity index (χ1n) is 10.2. The van der Waals surface area contributed by atoms with Crippen LogP contribution in [0.2, 0.25) is 0 Å². The number of rotatable bonds is 6. The highest BCUT2D eigenvalue weighted by atomic mass is 79.9. The number of carbonyl (C=O) groups excluding carboxylic acids is 1. The van der Waals surface area contributed by atoms with E-state index in [4.69, 9.17) is 4.74 Å². The van der Waals surface area contributed by atoms with Gasteiger partial charge in [-0.15, -0.1) is 0 Å². The van der Waals surface area contributed by atoms with Gasteiger partial charge in [-0.3, -0.25) is 4.79 Å². The number of halogens is 1. The Kier molecular flexibility index (Phi) is 4.99. The van der Waals surface area contributed by atoms with Gasteiger partial charge in [0.2, 0.25) is 5.91 Å². The quantitative estimate of drug-likeness (QED) is 0.526. The summed E-state index contributed by atoms with van der Waals surface area (Å²) in [4.78, 5) is 12.9. The van der Waals surface area contributed by atoms with Crippen LogP contribution in [0.25, 0.3) is 0 Å². The monoisotopic (exact) mass is 397 g/mol. The number of nitrogens with one attached hydrogen (secondary N) is 1. The number of hydrogen-bond acceptors (Lipinski definition) is 2. The van der Waals surface area contributed by atoms with Crippen molar-refractivity contribution < 1.29 is 9.53 Å². The lowest BCUT2D eigenvalue weighted by atomic mass is 9.49. The summed E-state index contributed by atoms with van der Waals surface area (Å²) in [6, 6.07) is 0. The second kappa shape index (κ2) is 6.90. The highest BCUT2D eigenvalue weighted by Gasteiger charge is 2.59. The van der Waals surface area contributed by atoms with Crippen LogP contribution in [0.15, 0.2) is 0 Å². The molecule has 3 nitrogen and oxygen atoms in total. The number of alkyl halides is 1. The summed E-state index contributed by atoms with van der Waals surface area (Å²) in [6.07, 6.45) is 15.1. The van der Waals surface area contributed by atoms with Gasteiger partial charge >= 0.3 is 0 Å². The van der Waals surface area contributed by atoms with Crippen LogP contribution in [0.1, 0.15) is 77.0 Å². The van der Waals surface area contributed by atoms with Gasteiger partial charge in [-0.25, -0.2) is 0 Å². The van der Waals surface area contributed by atoms with Crippen molar-refractivity contribution in [2.75, 3.05) is 13.2 Å². The number of ether oxygens (including phenoxy) is 1. The zero-order valence-corrected chi connectivity index (χ0v) is 16.4. The predicted molar refractivity (Wildman–Crippen MR) is 99.2 cm³/mol. The molecule has 0 aromatic carbocycles. The van der Waals surface area contributed by atoms with E-state index in [9.17, 15) is 4.79 Å². The Balaban J connectivity index is 1.22. The van der Waals surface area contributed by atoms with Gasteiger partial charge in [0.1, 0.15) is 0 Å². The zero-order chi connectivity index (χ0) is 16.6. The fourth-order valence-corrected chi connectivity index (χ4v) is 7.81. The van der Waals surface area contributed by atoms with Crippen molar-refractivity contribution in [1.29, 1.82) is 0 Å². The average Bonchev–Trinajstić information content (AvgIpc) is 2.53. The van der Waals surface area contributed by atoms with Crippen molar-refractivity contribution in [3.63, 3.8) is 0 Å². The van der Waals surface area contributed by atoms with Crippen molar-refractivity contribution in [3.05, 3.63) is 0 Å². The molecule has 2 unspecified atom stereocenters. The Hall–Kier alpha value is -0.0900. The van der Waals surface area contributed by atoms with Crippen molar-refractivity contribution in [2.24, 2.45) is 17.3 Å². The molecule has 24 heavy (non-hydrogen) atoms. The van der Waals surface area contributed by atoms with Gasteiger partial charge in [-0.05, 0) is 69.6 Å². The molecule has 0 radical (unpaired) electrons. The van der Waals surface area contributed by atoms with E-state index in [1.807, 2.05) is 0 Å². The molecule has 0 aromatic heterocycles. The Labute approximate surface area is 154 Å². The van der Waals surface area contributed by atoms with Crippen LogP contribution in [0, 0.1) is 17.3 Å². The van der Waals surface area contributed by atoms with Crippen LogP contribution in [0.3, 0.4) is 0 Å². The summed E-state index contributed by atoms with van der Waals surface area (Å²) in [5.74, 6) is 1.87. The summed E-state index contributed by atoms with van der Waals surface area (Å²) in [5, 5.41) is 3.25. The van der Waals surface area contributed by atoms with Crippen LogP contribution in [0.4, 0.5) is 0 Å². The molecule has 5 aliphatic rings. The predicted octanol–water partition coefficient (Wildman–Crippen LogP) is 4.58. The van der Waals surface area contributed by atoms with E-state index in [0.717, 1.165) is 50.7 Å². The first-order valence-corrected chi connectivity index (χ1v) is 11.0. The summed E-state index contributed by atoms with van der Waals surface area (Å²) < 4.78 is 6.23. The maximum atomic E-state index is 12.9. The molecule has 0 aromatic rings. The lowest BCUT2D eigenvalue weighted by Gasteiger charge is -2.59. The first-order chi connectivity index (χ1) is 11.6. The van der Waals surface area contributed by atoms with Gasteiger partial charge in [-0.1, -0.05) is 35.2 Å². The molecule has 0 saturated heterocycles. The Bertz CT molecular complexity index is 460. The van der Waals surface area contributed by atoms with Gasteiger partial charge in [-0.2, -0.15) is 0 Å². The molecule has 5 fully saturated rings. The van der Waals surface area contributed by atoms with Gasteiger partial charge < -0.3 is 10.1 Å². The van der Waals surface area contributed by atoms with E-state index >= 15 is 0 Å². The molecule has 5 saturated carbocycles. The second-order valence-corrected chi connectivity index (χ2v) is 10.8. The van der Waals surface area contributed by atoms with Gasteiger partial charge in [0.15, 0.2) is 0 Å². The molecule has 2 atom stereocenters. The molecule has 4 heteroatoms. The minimum atomic E-state index is -0.0716. The maximum absolute atomic E-state index is 12.9. The smallest absolute Gasteiger partial charge is 0.226 e. The Morgan fingerprint density at radius 2 is 1.79 bits per heavy atom. The Morgan fingerprint density at radius 1 is 1.08 bits per heavy atom. The molecule has 0 heterocycles. The standard InChI is InChI=1S/C20H32BrNO2/c21-20-12-15-9-16(13-20)11-19(10-15,14-20)18(23)22-7-4-8-24-17-5-2-1-3-6-17/h15-17H,1-14H2,(H,22,23). The van der Waals surface area contributed by atoms with E-state index in [2.05, 4.69) is 21.2 Å². The van der Waals surface area contributed by atoms with Crippen LogP contribution in [-0.2, 0) is 9.53 Å². The van der Waals surface area contributed by atoms with Gasteiger partial charge in [0.25, 0.3) is 0 Å². The lowest BCUT2D eigenvalue weighted by Crippen LogP contribution is -2.58. The molecule has 1 amide bonds. The normalized spacial score (nSPS) is 41.5. The molecule has 0 spiro atoms. The molecule has 136 valence electrons. The molecular weight excluding hydrogens is 366 g/mol. The summed E-state index contributed by atoms with van der Waals surface area (Å²) in [5.41, 5.74) is -0.0716. The molecule has 0 aliphatic heterocycles. The average molecular weight is 398 g/mol. The molecule has 5 rings (SSSR count). The SMILES string of the molecule is O=C(NCCCOC1CCCCC1)C12CC3CC(CC(Br)(C3)C1)C2. The van der Waals surface area contributed by atoms with Crippen molar-refractivity contribution in [1.82, 2.24) is 5.32 Å². The largest absolute Gasteiger partial charge is 0.378 e. The van der Waals surface area contributed by atoms with Gasteiger partial charge in [0, 0.05) is 17.5 Å². The molecular formula is C20H32BrNO2. The van der Waals surface area contributed by atoms with E-state index in [0.29, 0.717) is 12.0 Å². The van der Waals surface area contributed by atoms with E-state index in [-0.39, 0.29) is 9.74 Å². The van der Waals surface area contributed by atoms with Crippen LogP contribution in [-0.4, -0.2) is 29.5 Å².